The topological polar surface area (TPSA) is 64.4 Å². The lowest BCUT2D eigenvalue weighted by Gasteiger charge is -2.37. The average Bonchev–Trinajstić information content (AvgIpc) is 3.17. The van der Waals surface area contributed by atoms with E-state index in [1.165, 1.54) is 18.1 Å². The third-order valence-corrected chi connectivity index (χ3v) is 6.67. The Bertz CT molecular complexity index is 1270. The summed E-state index contributed by atoms with van der Waals surface area (Å²) in [6.45, 7) is 9.59. The van der Waals surface area contributed by atoms with E-state index in [2.05, 4.69) is 30.9 Å². The van der Waals surface area contributed by atoms with Crippen LogP contribution in [-0.4, -0.2) is 27.5 Å². The van der Waals surface area contributed by atoms with E-state index in [-0.39, 0.29) is 23.0 Å². The molecule has 1 fully saturated rings. The van der Waals surface area contributed by atoms with Crippen LogP contribution in [-0.2, 0) is 17.8 Å². The highest BCUT2D eigenvalue weighted by Gasteiger charge is 2.34. The molecule has 5 rings (SSSR count). The highest BCUT2D eigenvalue weighted by molar-refractivity contribution is 6.05. The number of Topliss-reactive ketones (excluding diaryl/α,β-unsaturated/α-hetero) is 1. The van der Waals surface area contributed by atoms with Crippen molar-refractivity contribution in [1.82, 2.24) is 9.55 Å². The summed E-state index contributed by atoms with van der Waals surface area (Å²) in [5.41, 5.74) is 4.01. The monoisotopic (exact) mass is 431 g/mol. The molecule has 0 bridgehead atoms. The number of nitrogens with zero attached hydrogens (tertiary/aromatic N) is 3. The first-order valence-electron chi connectivity index (χ1n) is 11.3. The highest BCUT2D eigenvalue weighted by Crippen LogP contribution is 2.36. The summed E-state index contributed by atoms with van der Waals surface area (Å²) in [6.07, 6.45) is 1.49. The number of benzene rings is 2. The van der Waals surface area contributed by atoms with Gasteiger partial charge in [-0.15, -0.1) is 0 Å². The maximum atomic E-state index is 14.0. The molecule has 0 N–H and O–H groups in total. The molecule has 1 atom stereocenters. The second-order valence-corrected chi connectivity index (χ2v) is 9.73. The third-order valence-electron chi connectivity index (χ3n) is 6.67. The second kappa shape index (κ2) is 7.55. The Kier molecular flexibility index (Phi) is 4.93. The quantitative estimate of drug-likeness (QED) is 0.569. The lowest BCUT2D eigenvalue weighted by atomic mass is 9.93. The number of hydrogen-bond donors (Lipinski definition) is 0. The molecule has 32 heavy (non-hydrogen) atoms. The Balaban J connectivity index is 1.75. The number of rotatable bonds is 3. The van der Waals surface area contributed by atoms with E-state index in [0.29, 0.717) is 42.1 Å². The van der Waals surface area contributed by atoms with Crippen molar-refractivity contribution in [3.63, 3.8) is 0 Å². The zero-order valence-corrected chi connectivity index (χ0v) is 19.1. The molecular weight excluding hydrogens is 402 g/mol. The summed E-state index contributed by atoms with van der Waals surface area (Å²) >= 11 is 0. The predicted octanol–water partition coefficient (Wildman–Crippen LogP) is 4.56. The van der Waals surface area contributed by atoms with E-state index in [4.69, 9.17) is 9.72 Å². The molecule has 2 aliphatic heterocycles. The molecule has 0 radical (unpaired) electrons. The van der Waals surface area contributed by atoms with E-state index in [0.717, 1.165) is 18.4 Å². The summed E-state index contributed by atoms with van der Waals surface area (Å²) in [5, 5.41) is 0.514. The van der Waals surface area contributed by atoms with Crippen LogP contribution in [0.5, 0.6) is 0 Å². The minimum Gasteiger partial charge on any atom is -0.375 e. The molecule has 0 spiro atoms. The third kappa shape index (κ3) is 3.52. The Morgan fingerprint density at radius 2 is 1.84 bits per heavy atom. The van der Waals surface area contributed by atoms with Gasteiger partial charge in [-0.3, -0.25) is 14.2 Å². The molecule has 1 unspecified atom stereocenters. The number of aromatic nitrogens is 2. The molecule has 2 aliphatic rings. The Morgan fingerprint density at radius 1 is 1.16 bits per heavy atom. The molecule has 1 aromatic heterocycles. The number of hydrogen-bond acceptors (Lipinski definition) is 5. The van der Waals surface area contributed by atoms with Crippen LogP contribution in [0.2, 0.25) is 0 Å². The first kappa shape index (κ1) is 20.9. The fourth-order valence-electron chi connectivity index (χ4n) is 5.15. The molecule has 6 nitrogen and oxygen atoms in total. The van der Waals surface area contributed by atoms with Crippen LogP contribution in [0.4, 0.5) is 5.95 Å². The van der Waals surface area contributed by atoms with E-state index in [9.17, 15) is 9.59 Å². The van der Waals surface area contributed by atoms with Crippen LogP contribution < -0.4 is 10.5 Å². The van der Waals surface area contributed by atoms with Gasteiger partial charge < -0.3 is 9.64 Å². The molecule has 0 amide bonds. The molecular formula is C26H29N3O3. The van der Waals surface area contributed by atoms with Crippen LogP contribution in [0.15, 0.2) is 41.2 Å². The molecule has 166 valence electrons. The first-order valence-corrected chi connectivity index (χ1v) is 11.3. The van der Waals surface area contributed by atoms with Gasteiger partial charge in [0, 0.05) is 31.3 Å². The molecule has 3 heterocycles. The lowest BCUT2D eigenvalue weighted by molar-refractivity contribution is -0.0694. The zero-order valence-electron chi connectivity index (χ0n) is 19.1. The van der Waals surface area contributed by atoms with Crippen LogP contribution in [0.25, 0.3) is 10.9 Å². The van der Waals surface area contributed by atoms with Crippen LogP contribution in [0.3, 0.4) is 0 Å². The van der Waals surface area contributed by atoms with Gasteiger partial charge in [0.2, 0.25) is 5.95 Å². The molecule has 0 aliphatic carbocycles. The fourth-order valence-corrected chi connectivity index (χ4v) is 5.15. The zero-order chi connectivity index (χ0) is 22.6. The van der Waals surface area contributed by atoms with Gasteiger partial charge in [-0.25, -0.2) is 4.98 Å². The van der Waals surface area contributed by atoms with Crippen molar-refractivity contribution in [2.75, 3.05) is 11.5 Å². The van der Waals surface area contributed by atoms with Gasteiger partial charge in [-0.1, -0.05) is 24.3 Å². The highest BCUT2D eigenvalue weighted by atomic mass is 16.5. The standard InChI is InChI=1S/C26H29N3O3/c1-16-11-21(17(2)30)23-22(12-16)24(31)29(20-9-10-32-26(3,4)13-20)25(27-23)28-14-18-7-5-6-8-19(18)15-28/h5-8,11-12,20H,9-10,13-15H2,1-4H3. The van der Waals surface area contributed by atoms with Crippen molar-refractivity contribution in [3.8, 4) is 0 Å². The van der Waals surface area contributed by atoms with Gasteiger partial charge in [0.15, 0.2) is 5.78 Å². The number of anilines is 1. The second-order valence-electron chi connectivity index (χ2n) is 9.73. The number of aryl methyl sites for hydroxylation is 1. The van der Waals surface area contributed by atoms with E-state index < -0.39 is 0 Å². The number of carbonyl (C=O) groups excluding carboxylic acids is 1. The summed E-state index contributed by atoms with van der Waals surface area (Å²) in [6, 6.07) is 12.0. The van der Waals surface area contributed by atoms with E-state index in [1.807, 2.05) is 35.8 Å². The smallest absolute Gasteiger partial charge is 0.263 e. The Labute approximate surface area is 187 Å². The van der Waals surface area contributed by atoms with Gasteiger partial charge in [0.1, 0.15) is 0 Å². The summed E-state index contributed by atoms with van der Waals surface area (Å²) in [4.78, 5) is 33.6. The van der Waals surface area contributed by atoms with Gasteiger partial charge >= 0.3 is 0 Å². The maximum absolute atomic E-state index is 14.0. The Morgan fingerprint density at radius 3 is 2.47 bits per heavy atom. The number of fused-ring (bicyclic) bond motifs is 2. The number of ether oxygens (including phenoxy) is 1. The van der Waals surface area contributed by atoms with Gasteiger partial charge in [0.25, 0.3) is 5.56 Å². The SMILES string of the molecule is CC(=O)c1cc(C)cc2c(=O)n(C3CCOC(C)(C)C3)c(N3Cc4ccccc4C3)nc12. The van der Waals surface area contributed by atoms with Crippen molar-refractivity contribution >= 4 is 22.6 Å². The van der Waals surface area contributed by atoms with Crippen molar-refractivity contribution in [1.29, 1.82) is 0 Å². The molecule has 3 aromatic rings. The van der Waals surface area contributed by atoms with E-state index >= 15 is 0 Å². The van der Waals surface area contributed by atoms with Gasteiger partial charge in [-0.05, 0) is 69.4 Å². The molecule has 2 aromatic carbocycles. The largest absolute Gasteiger partial charge is 0.375 e. The molecule has 1 saturated heterocycles. The molecule has 0 saturated carbocycles. The number of ketones is 1. The minimum absolute atomic E-state index is 0.0110. The van der Waals surface area contributed by atoms with Crippen molar-refractivity contribution < 1.29 is 9.53 Å². The van der Waals surface area contributed by atoms with Crippen LogP contribution in [0, 0.1) is 6.92 Å². The lowest BCUT2D eigenvalue weighted by Crippen LogP contribution is -2.40. The summed E-state index contributed by atoms with van der Waals surface area (Å²) < 4.78 is 7.81. The summed E-state index contributed by atoms with van der Waals surface area (Å²) in [5.74, 6) is 0.568. The molecule has 6 heteroatoms. The fraction of sp³-hybridized carbons (Fsp3) is 0.423. The van der Waals surface area contributed by atoms with Gasteiger partial charge in [0.05, 0.1) is 16.5 Å². The minimum atomic E-state index is -0.306. The maximum Gasteiger partial charge on any atom is 0.263 e. The van der Waals surface area contributed by atoms with Gasteiger partial charge in [-0.2, -0.15) is 0 Å². The number of carbonyl (C=O) groups is 1. The normalized spacial score (nSPS) is 19.9. The first-order chi connectivity index (χ1) is 15.2. The van der Waals surface area contributed by atoms with Crippen molar-refractivity contribution in [2.24, 2.45) is 0 Å². The van der Waals surface area contributed by atoms with Crippen molar-refractivity contribution in [3.05, 3.63) is 69.0 Å². The Hall–Kier alpha value is -2.99. The van der Waals surface area contributed by atoms with Crippen LogP contribution >= 0.6 is 0 Å². The summed E-state index contributed by atoms with van der Waals surface area (Å²) in [7, 11) is 0. The van der Waals surface area contributed by atoms with Crippen molar-refractivity contribution in [2.45, 2.75) is 65.3 Å². The van der Waals surface area contributed by atoms with E-state index in [1.54, 1.807) is 0 Å². The predicted molar refractivity (Wildman–Crippen MR) is 125 cm³/mol. The van der Waals surface area contributed by atoms with Crippen LogP contribution in [0.1, 0.15) is 66.7 Å². The average molecular weight is 432 g/mol.